The fraction of sp³-hybridized carbons (Fsp3) is 0.286. The zero-order valence-corrected chi connectivity index (χ0v) is 12.3. The number of ether oxygens (including phenoxy) is 1. The number of nitrogens with one attached hydrogen (secondary N) is 2. The van der Waals surface area contributed by atoms with E-state index in [1.165, 1.54) is 0 Å². The molecule has 1 fully saturated rings. The minimum atomic E-state index is -0.142. The van der Waals surface area contributed by atoms with Crippen LogP contribution in [0, 0.1) is 0 Å². The molecule has 0 saturated carbocycles. The Morgan fingerprint density at radius 3 is 2.90 bits per heavy atom. The molecule has 1 aromatic heterocycles. The fourth-order valence-electron chi connectivity index (χ4n) is 2.12. The van der Waals surface area contributed by atoms with Crippen LogP contribution >= 0.6 is 15.9 Å². The smallest absolute Gasteiger partial charge is 0.269 e. The molecule has 0 unspecified atom stereocenters. The second kappa shape index (κ2) is 5.76. The lowest BCUT2D eigenvalue weighted by Crippen LogP contribution is -2.35. The number of nitrogens with zero attached hydrogens (tertiary/aromatic N) is 1. The number of rotatable bonds is 3. The van der Waals surface area contributed by atoms with Crippen LogP contribution in [0.5, 0.6) is 0 Å². The van der Waals surface area contributed by atoms with E-state index in [0.29, 0.717) is 18.9 Å². The number of halogens is 1. The maximum Gasteiger partial charge on any atom is 0.269 e. The van der Waals surface area contributed by atoms with Crippen LogP contribution < -0.4 is 5.32 Å². The van der Waals surface area contributed by atoms with Gasteiger partial charge >= 0.3 is 0 Å². The molecule has 6 heteroatoms. The zero-order chi connectivity index (χ0) is 13.9. The van der Waals surface area contributed by atoms with Crippen LogP contribution in [0.25, 0.3) is 11.3 Å². The molecule has 2 N–H and O–H groups in total. The summed E-state index contributed by atoms with van der Waals surface area (Å²) in [5.74, 6) is -0.142. The van der Waals surface area contributed by atoms with E-state index in [2.05, 4.69) is 31.4 Å². The van der Waals surface area contributed by atoms with E-state index in [0.717, 1.165) is 22.2 Å². The summed E-state index contributed by atoms with van der Waals surface area (Å²) in [7, 11) is 0. The van der Waals surface area contributed by atoms with Gasteiger partial charge in [0, 0.05) is 16.6 Å². The highest BCUT2D eigenvalue weighted by Crippen LogP contribution is 2.20. The van der Waals surface area contributed by atoms with E-state index < -0.39 is 0 Å². The minimum absolute atomic E-state index is 0.0990. The Bertz CT molecular complexity index is 603. The predicted octanol–water partition coefficient (Wildman–Crippen LogP) is 2.36. The number of aromatic amines is 1. The average Bonchev–Trinajstić information content (AvgIpc) is 3.10. The lowest BCUT2D eigenvalue weighted by Gasteiger charge is -2.08. The Balaban J connectivity index is 1.72. The molecule has 1 aliphatic heterocycles. The number of carbonyl (C=O) groups excluding carboxylic acids is 1. The Hall–Kier alpha value is -1.66. The molecule has 20 heavy (non-hydrogen) atoms. The van der Waals surface area contributed by atoms with Crippen LogP contribution in [-0.2, 0) is 4.74 Å². The van der Waals surface area contributed by atoms with Gasteiger partial charge in [0.1, 0.15) is 5.69 Å². The lowest BCUT2D eigenvalue weighted by atomic mass is 10.1. The van der Waals surface area contributed by atoms with Gasteiger partial charge in [-0.2, -0.15) is 5.10 Å². The molecule has 0 bridgehead atoms. The first-order chi connectivity index (χ1) is 9.72. The molecule has 0 spiro atoms. The van der Waals surface area contributed by atoms with Gasteiger partial charge in [0.15, 0.2) is 0 Å². The molecular weight excluding hydrogens is 322 g/mol. The van der Waals surface area contributed by atoms with Crippen LogP contribution in [0.4, 0.5) is 0 Å². The molecular formula is C14H14BrN3O2. The molecule has 5 nitrogen and oxygen atoms in total. The Morgan fingerprint density at radius 1 is 1.40 bits per heavy atom. The summed E-state index contributed by atoms with van der Waals surface area (Å²) in [5.41, 5.74) is 2.19. The Labute approximate surface area is 124 Å². The summed E-state index contributed by atoms with van der Waals surface area (Å²) in [6.07, 6.45) is 0.861. The van der Waals surface area contributed by atoms with E-state index in [-0.39, 0.29) is 11.9 Å². The quantitative estimate of drug-likeness (QED) is 0.904. The van der Waals surface area contributed by atoms with Crippen molar-refractivity contribution in [2.24, 2.45) is 0 Å². The first kappa shape index (κ1) is 13.3. The van der Waals surface area contributed by atoms with Gasteiger partial charge in [-0.05, 0) is 24.6 Å². The predicted molar refractivity (Wildman–Crippen MR) is 78.4 cm³/mol. The highest BCUT2D eigenvalue weighted by Gasteiger charge is 2.19. The Morgan fingerprint density at radius 2 is 2.20 bits per heavy atom. The molecule has 3 rings (SSSR count). The van der Waals surface area contributed by atoms with Crippen LogP contribution in [0.3, 0.4) is 0 Å². The third kappa shape index (κ3) is 2.91. The summed E-state index contributed by atoms with van der Waals surface area (Å²) < 4.78 is 6.24. The summed E-state index contributed by atoms with van der Waals surface area (Å²) in [4.78, 5) is 12.1. The number of hydrogen-bond donors (Lipinski definition) is 2. The number of benzene rings is 1. The van der Waals surface area contributed by atoms with E-state index in [1.54, 1.807) is 6.07 Å². The summed E-state index contributed by atoms with van der Waals surface area (Å²) in [6, 6.07) is 9.65. The van der Waals surface area contributed by atoms with E-state index in [1.807, 2.05) is 24.3 Å². The summed E-state index contributed by atoms with van der Waals surface area (Å²) >= 11 is 3.39. The molecule has 104 valence electrons. The molecule has 2 heterocycles. The van der Waals surface area contributed by atoms with Gasteiger partial charge in [-0.1, -0.05) is 28.1 Å². The van der Waals surface area contributed by atoms with E-state index in [4.69, 9.17) is 4.74 Å². The van der Waals surface area contributed by atoms with Gasteiger partial charge in [-0.3, -0.25) is 9.89 Å². The van der Waals surface area contributed by atoms with Gasteiger partial charge < -0.3 is 10.1 Å². The highest BCUT2D eigenvalue weighted by atomic mass is 79.9. The normalized spacial score (nSPS) is 18.1. The van der Waals surface area contributed by atoms with E-state index in [9.17, 15) is 4.79 Å². The van der Waals surface area contributed by atoms with Crippen molar-refractivity contribution in [3.8, 4) is 11.3 Å². The van der Waals surface area contributed by atoms with Crippen molar-refractivity contribution in [2.75, 3.05) is 13.2 Å². The number of amides is 1. The molecule has 2 aromatic rings. The third-order valence-electron chi connectivity index (χ3n) is 3.23. The second-order valence-corrected chi connectivity index (χ2v) is 5.62. The molecule has 1 saturated heterocycles. The van der Waals surface area contributed by atoms with E-state index >= 15 is 0 Å². The average molecular weight is 336 g/mol. The third-order valence-corrected chi connectivity index (χ3v) is 3.76. The molecule has 0 aliphatic carbocycles. The maximum absolute atomic E-state index is 12.1. The number of carbonyl (C=O) groups is 1. The first-order valence-corrected chi connectivity index (χ1v) is 7.21. The van der Waals surface area contributed by atoms with Crippen molar-refractivity contribution in [1.29, 1.82) is 0 Å². The molecule has 1 aliphatic rings. The highest BCUT2D eigenvalue weighted by molar-refractivity contribution is 9.10. The van der Waals surface area contributed by atoms with Crippen molar-refractivity contribution in [2.45, 2.75) is 12.5 Å². The Kier molecular flexibility index (Phi) is 3.84. The van der Waals surface area contributed by atoms with Gasteiger partial charge in [0.2, 0.25) is 0 Å². The summed E-state index contributed by atoms with van der Waals surface area (Å²) in [6.45, 7) is 1.29. The standard InChI is InChI=1S/C14H14BrN3O2/c15-10-3-1-9(2-4-10)12-7-13(18-17-12)14(19)16-11-5-6-20-8-11/h1-4,7,11H,5-6,8H2,(H,16,19)(H,17,18)/t11-/m1/s1. The van der Waals surface area contributed by atoms with Crippen molar-refractivity contribution >= 4 is 21.8 Å². The number of aromatic nitrogens is 2. The van der Waals surface area contributed by atoms with Crippen molar-refractivity contribution < 1.29 is 9.53 Å². The maximum atomic E-state index is 12.1. The van der Waals surface area contributed by atoms with Gasteiger partial charge in [-0.15, -0.1) is 0 Å². The topological polar surface area (TPSA) is 67.0 Å². The fourth-order valence-corrected chi connectivity index (χ4v) is 2.38. The van der Waals surface area contributed by atoms with Gasteiger partial charge in [-0.25, -0.2) is 0 Å². The second-order valence-electron chi connectivity index (χ2n) is 4.71. The SMILES string of the molecule is O=C(N[C@@H]1CCOC1)c1cc(-c2ccc(Br)cc2)n[nH]1. The van der Waals surface area contributed by atoms with Gasteiger partial charge in [0.05, 0.1) is 18.3 Å². The van der Waals surface area contributed by atoms with Crippen molar-refractivity contribution in [3.63, 3.8) is 0 Å². The monoisotopic (exact) mass is 335 g/mol. The van der Waals surface area contributed by atoms with Crippen LogP contribution in [0.15, 0.2) is 34.8 Å². The van der Waals surface area contributed by atoms with Gasteiger partial charge in [0.25, 0.3) is 5.91 Å². The van der Waals surface area contributed by atoms with Crippen molar-refractivity contribution in [1.82, 2.24) is 15.5 Å². The van der Waals surface area contributed by atoms with Crippen LogP contribution in [0.1, 0.15) is 16.9 Å². The molecule has 0 radical (unpaired) electrons. The molecule has 1 aromatic carbocycles. The number of hydrogen-bond acceptors (Lipinski definition) is 3. The molecule has 1 atom stereocenters. The number of H-pyrrole nitrogens is 1. The largest absolute Gasteiger partial charge is 0.379 e. The zero-order valence-electron chi connectivity index (χ0n) is 10.7. The lowest BCUT2D eigenvalue weighted by molar-refractivity contribution is 0.0925. The first-order valence-electron chi connectivity index (χ1n) is 6.42. The van der Waals surface area contributed by atoms with Crippen LogP contribution in [0.2, 0.25) is 0 Å². The minimum Gasteiger partial charge on any atom is -0.379 e. The summed E-state index contributed by atoms with van der Waals surface area (Å²) in [5, 5.41) is 9.88. The van der Waals surface area contributed by atoms with Crippen LogP contribution in [-0.4, -0.2) is 35.4 Å². The van der Waals surface area contributed by atoms with Crippen molar-refractivity contribution in [3.05, 3.63) is 40.5 Å². The molecule has 1 amide bonds.